The fourth-order valence-corrected chi connectivity index (χ4v) is 2.40. The molecule has 0 amide bonds. The topological polar surface area (TPSA) is 15.3 Å². The van der Waals surface area contributed by atoms with Gasteiger partial charge in [0.15, 0.2) is 0 Å². The second kappa shape index (κ2) is 9.11. The Bertz CT molecular complexity index is 323. The van der Waals surface area contributed by atoms with Crippen LogP contribution >= 0.6 is 0 Å². The molecule has 0 saturated carbocycles. The van der Waals surface area contributed by atoms with Crippen LogP contribution in [0.15, 0.2) is 30.3 Å². The lowest BCUT2D eigenvalue weighted by molar-refractivity contribution is 0.159. The highest BCUT2D eigenvalue weighted by molar-refractivity contribution is 5.14. The highest BCUT2D eigenvalue weighted by Crippen LogP contribution is 2.14. The van der Waals surface area contributed by atoms with E-state index >= 15 is 0 Å². The van der Waals surface area contributed by atoms with Crippen LogP contribution in [0.5, 0.6) is 0 Å². The molecule has 0 aliphatic rings. The van der Waals surface area contributed by atoms with Gasteiger partial charge in [-0.05, 0) is 44.5 Å². The number of rotatable bonds is 9. The predicted octanol–water partition coefficient (Wildman–Crippen LogP) is 3.53. The first-order chi connectivity index (χ1) is 9.19. The molecule has 19 heavy (non-hydrogen) atoms. The molecule has 0 bridgehead atoms. The second-order valence-corrected chi connectivity index (χ2v) is 5.47. The van der Waals surface area contributed by atoms with Gasteiger partial charge in [-0.25, -0.2) is 0 Å². The lowest BCUT2D eigenvalue weighted by Crippen LogP contribution is -2.40. The Kier molecular flexibility index (Phi) is 7.76. The first-order valence-corrected chi connectivity index (χ1v) is 7.67. The van der Waals surface area contributed by atoms with E-state index in [0.29, 0.717) is 12.0 Å². The van der Waals surface area contributed by atoms with Gasteiger partial charge < -0.3 is 5.32 Å². The fraction of sp³-hybridized carbons (Fsp3) is 0.647. The maximum absolute atomic E-state index is 3.53. The maximum Gasteiger partial charge on any atom is 0.0236 e. The summed E-state index contributed by atoms with van der Waals surface area (Å²) in [6.07, 6.45) is 1.21. The molecule has 1 aromatic carbocycles. The molecule has 1 aromatic rings. The first kappa shape index (κ1) is 16.2. The van der Waals surface area contributed by atoms with Gasteiger partial charge in [0.2, 0.25) is 0 Å². The van der Waals surface area contributed by atoms with Crippen molar-refractivity contribution in [3.8, 4) is 0 Å². The number of benzene rings is 1. The molecule has 2 atom stereocenters. The molecular weight excluding hydrogens is 232 g/mol. The van der Waals surface area contributed by atoms with E-state index in [1.165, 1.54) is 12.0 Å². The number of hydrogen-bond donors (Lipinski definition) is 1. The summed E-state index contributed by atoms with van der Waals surface area (Å²) in [5, 5.41) is 3.53. The van der Waals surface area contributed by atoms with Gasteiger partial charge >= 0.3 is 0 Å². The van der Waals surface area contributed by atoms with E-state index in [9.17, 15) is 0 Å². The molecule has 0 heterocycles. The Labute approximate surface area is 119 Å². The molecule has 0 saturated heterocycles. The predicted molar refractivity (Wildman–Crippen MR) is 84.3 cm³/mol. The molecule has 0 spiro atoms. The third kappa shape index (κ3) is 5.75. The van der Waals surface area contributed by atoms with Crippen LogP contribution in [0, 0.1) is 5.92 Å². The molecule has 2 unspecified atom stereocenters. The zero-order valence-corrected chi connectivity index (χ0v) is 13.0. The molecule has 2 nitrogen and oxygen atoms in total. The molecule has 1 rings (SSSR count). The van der Waals surface area contributed by atoms with Crippen molar-refractivity contribution in [1.29, 1.82) is 0 Å². The average molecular weight is 262 g/mol. The summed E-state index contributed by atoms with van der Waals surface area (Å²) in [6, 6.07) is 11.4. The normalized spacial score (nSPS) is 14.6. The zero-order chi connectivity index (χ0) is 14.1. The van der Waals surface area contributed by atoms with Crippen molar-refractivity contribution >= 4 is 0 Å². The van der Waals surface area contributed by atoms with E-state index in [2.05, 4.69) is 68.2 Å². The molecule has 0 aliphatic carbocycles. The van der Waals surface area contributed by atoms with Gasteiger partial charge in [0.05, 0.1) is 0 Å². The minimum atomic E-state index is 0.606. The van der Waals surface area contributed by atoms with Crippen LogP contribution in [0.2, 0.25) is 0 Å². The van der Waals surface area contributed by atoms with Crippen molar-refractivity contribution < 1.29 is 0 Å². The molecule has 0 aliphatic heterocycles. The van der Waals surface area contributed by atoms with Gasteiger partial charge in [-0.15, -0.1) is 0 Å². The van der Waals surface area contributed by atoms with Crippen LogP contribution < -0.4 is 5.32 Å². The highest BCUT2D eigenvalue weighted by Gasteiger charge is 2.18. The molecule has 1 N–H and O–H groups in total. The first-order valence-electron chi connectivity index (χ1n) is 7.67. The highest BCUT2D eigenvalue weighted by atomic mass is 15.1. The van der Waals surface area contributed by atoms with E-state index in [1.54, 1.807) is 0 Å². The minimum absolute atomic E-state index is 0.606. The van der Waals surface area contributed by atoms with Gasteiger partial charge in [0, 0.05) is 12.6 Å². The van der Waals surface area contributed by atoms with Crippen molar-refractivity contribution in [3.63, 3.8) is 0 Å². The zero-order valence-electron chi connectivity index (χ0n) is 13.0. The average Bonchev–Trinajstić information content (AvgIpc) is 2.45. The van der Waals surface area contributed by atoms with E-state index in [1.807, 2.05) is 0 Å². The van der Waals surface area contributed by atoms with Crippen molar-refractivity contribution in [2.75, 3.05) is 19.6 Å². The maximum atomic E-state index is 3.53. The smallest absolute Gasteiger partial charge is 0.0236 e. The molecule has 0 radical (unpaired) electrons. The fourth-order valence-electron chi connectivity index (χ4n) is 2.40. The summed E-state index contributed by atoms with van der Waals surface area (Å²) in [5.74, 6) is 0.676. The lowest BCUT2D eigenvalue weighted by atomic mass is 10.0. The summed E-state index contributed by atoms with van der Waals surface area (Å²) < 4.78 is 0. The third-order valence-electron chi connectivity index (χ3n) is 3.93. The lowest BCUT2D eigenvalue weighted by Gasteiger charge is -2.32. The Morgan fingerprint density at radius 3 is 2.37 bits per heavy atom. The number of hydrogen-bond acceptors (Lipinski definition) is 2. The van der Waals surface area contributed by atoms with Crippen LogP contribution in [0.1, 0.15) is 39.7 Å². The quantitative estimate of drug-likeness (QED) is 0.685. The van der Waals surface area contributed by atoms with Crippen LogP contribution in [0.25, 0.3) is 0 Å². The molecular formula is C17H30N2. The van der Waals surface area contributed by atoms with E-state index in [4.69, 9.17) is 0 Å². The van der Waals surface area contributed by atoms with Gasteiger partial charge in [0.25, 0.3) is 0 Å². The van der Waals surface area contributed by atoms with Crippen molar-refractivity contribution in [1.82, 2.24) is 10.2 Å². The van der Waals surface area contributed by atoms with Crippen LogP contribution in [-0.4, -0.2) is 30.6 Å². The van der Waals surface area contributed by atoms with Crippen molar-refractivity contribution in [2.45, 2.75) is 46.7 Å². The second-order valence-electron chi connectivity index (χ2n) is 5.47. The van der Waals surface area contributed by atoms with E-state index in [0.717, 1.165) is 26.2 Å². The molecule has 0 fully saturated rings. The van der Waals surface area contributed by atoms with E-state index in [-0.39, 0.29) is 0 Å². The van der Waals surface area contributed by atoms with Gasteiger partial charge in [0.1, 0.15) is 0 Å². The standard InChI is InChI=1S/C17H30N2/c1-5-12-18-13-15(3)16(4)19(6-2)14-17-10-8-7-9-11-17/h7-11,15-16,18H,5-6,12-14H2,1-4H3. The monoisotopic (exact) mass is 262 g/mol. The Morgan fingerprint density at radius 2 is 1.79 bits per heavy atom. The van der Waals surface area contributed by atoms with Crippen molar-refractivity contribution in [3.05, 3.63) is 35.9 Å². The molecule has 0 aromatic heterocycles. The van der Waals surface area contributed by atoms with Gasteiger partial charge in [-0.3, -0.25) is 4.90 Å². The van der Waals surface area contributed by atoms with Crippen LogP contribution in [-0.2, 0) is 6.54 Å². The summed E-state index contributed by atoms with van der Waals surface area (Å²) in [5.41, 5.74) is 1.41. The Balaban J connectivity index is 2.48. The SMILES string of the molecule is CCCNCC(C)C(C)N(CC)Cc1ccccc1. The van der Waals surface area contributed by atoms with Crippen LogP contribution in [0.3, 0.4) is 0 Å². The number of nitrogens with one attached hydrogen (secondary N) is 1. The van der Waals surface area contributed by atoms with Gasteiger partial charge in [-0.1, -0.05) is 51.1 Å². The summed E-state index contributed by atoms with van der Waals surface area (Å²) in [6.45, 7) is 13.6. The Hall–Kier alpha value is -0.860. The third-order valence-corrected chi connectivity index (χ3v) is 3.93. The van der Waals surface area contributed by atoms with Gasteiger partial charge in [-0.2, -0.15) is 0 Å². The summed E-state index contributed by atoms with van der Waals surface area (Å²) in [4.78, 5) is 2.56. The minimum Gasteiger partial charge on any atom is -0.316 e. The van der Waals surface area contributed by atoms with E-state index < -0.39 is 0 Å². The van der Waals surface area contributed by atoms with Crippen molar-refractivity contribution in [2.24, 2.45) is 5.92 Å². The number of nitrogens with zero attached hydrogens (tertiary/aromatic N) is 1. The van der Waals surface area contributed by atoms with Crippen LogP contribution in [0.4, 0.5) is 0 Å². The largest absolute Gasteiger partial charge is 0.316 e. The Morgan fingerprint density at radius 1 is 1.11 bits per heavy atom. The molecule has 2 heteroatoms. The summed E-state index contributed by atoms with van der Waals surface area (Å²) in [7, 11) is 0. The molecule has 108 valence electrons. The summed E-state index contributed by atoms with van der Waals surface area (Å²) >= 11 is 0.